The highest BCUT2D eigenvalue weighted by molar-refractivity contribution is 6.25. The van der Waals surface area contributed by atoms with Crippen LogP contribution in [0.1, 0.15) is 65.0 Å². The molecule has 0 unspecified atom stereocenters. The van der Waals surface area contributed by atoms with Crippen LogP contribution in [0.25, 0.3) is 5.70 Å². The molecule has 7 rings (SSSR count). The molecule has 4 aromatic carbocycles. The van der Waals surface area contributed by atoms with Gasteiger partial charge >= 0.3 is 5.97 Å². The minimum absolute atomic E-state index is 0.0869. The van der Waals surface area contributed by atoms with Crippen LogP contribution in [-0.2, 0) is 9.53 Å². The Kier molecular flexibility index (Phi) is 8.57. The maximum absolute atomic E-state index is 14.8. The maximum Gasteiger partial charge on any atom is 0.342 e. The first-order chi connectivity index (χ1) is 23.6. The smallest absolute Gasteiger partial charge is 0.342 e. The second-order valence-corrected chi connectivity index (χ2v) is 14.3. The van der Waals surface area contributed by atoms with Crippen LogP contribution < -0.4 is 10.6 Å². The number of esters is 1. The van der Waals surface area contributed by atoms with Gasteiger partial charge in [-0.1, -0.05) is 106 Å². The molecule has 1 heterocycles. The quantitative estimate of drug-likeness (QED) is 0.216. The van der Waals surface area contributed by atoms with E-state index in [0.717, 1.165) is 52.4 Å². The number of allylic oxidation sites excluding steroid dienone is 2. The molecular weight excluding hydrogens is 604 g/mol. The molecule has 0 spiro atoms. The van der Waals surface area contributed by atoms with Crippen molar-refractivity contribution in [1.29, 1.82) is 0 Å². The lowest BCUT2D eigenvalue weighted by Gasteiger charge is -2.38. The highest BCUT2D eigenvalue weighted by Gasteiger charge is 2.63. The minimum Gasteiger partial charge on any atom is -0.458 e. The van der Waals surface area contributed by atoms with Gasteiger partial charge in [-0.25, -0.2) is 9.79 Å². The molecule has 248 valence electrons. The number of ether oxygens (including phenoxy) is 1. The molecule has 2 fully saturated rings. The molecule has 0 radical (unpaired) electrons. The average Bonchev–Trinajstić information content (AvgIpc) is 3.43. The second kappa shape index (κ2) is 13.0. The van der Waals surface area contributed by atoms with Crippen molar-refractivity contribution in [3.8, 4) is 0 Å². The summed E-state index contributed by atoms with van der Waals surface area (Å²) in [4.78, 5) is 25.1. The van der Waals surface area contributed by atoms with Crippen LogP contribution in [0.5, 0.6) is 0 Å². The summed E-state index contributed by atoms with van der Waals surface area (Å²) in [5, 5.41) is 7.24. The Morgan fingerprint density at radius 1 is 0.735 bits per heavy atom. The molecule has 0 aromatic heterocycles. The molecule has 49 heavy (non-hydrogen) atoms. The number of hydrogen-bond donors (Lipinski definition) is 2. The second-order valence-electron chi connectivity index (χ2n) is 14.3. The Labute approximate surface area is 289 Å². The largest absolute Gasteiger partial charge is 0.458 e. The number of carbonyl (C=O) groups is 1. The highest BCUT2D eigenvalue weighted by Crippen LogP contribution is 2.66. The first kappa shape index (κ1) is 32.3. The van der Waals surface area contributed by atoms with Crippen LogP contribution in [-0.4, -0.2) is 23.5 Å². The van der Waals surface area contributed by atoms with E-state index in [0.29, 0.717) is 28.6 Å². The van der Waals surface area contributed by atoms with Crippen LogP contribution in [0.2, 0.25) is 0 Å². The molecule has 2 bridgehead atoms. The normalized spacial score (nSPS) is 25.6. The van der Waals surface area contributed by atoms with Crippen LogP contribution >= 0.6 is 0 Å². The van der Waals surface area contributed by atoms with Gasteiger partial charge in [0.25, 0.3) is 0 Å². The molecule has 1 aliphatic heterocycles. The van der Waals surface area contributed by atoms with Crippen LogP contribution in [0, 0.1) is 16.7 Å². The summed E-state index contributed by atoms with van der Waals surface area (Å²) in [7, 11) is 0. The van der Waals surface area contributed by atoms with E-state index in [1.165, 1.54) is 6.42 Å². The lowest BCUT2D eigenvalue weighted by atomic mass is 9.70. The summed E-state index contributed by atoms with van der Waals surface area (Å²) in [6.07, 6.45) is 4.99. The van der Waals surface area contributed by atoms with Crippen LogP contribution in [0.15, 0.2) is 137 Å². The zero-order valence-corrected chi connectivity index (χ0v) is 29.0. The fourth-order valence-corrected chi connectivity index (χ4v) is 7.91. The molecule has 0 amide bonds. The minimum atomic E-state index is -0.373. The number of benzene rings is 4. The van der Waals surface area contributed by atoms with Crippen molar-refractivity contribution in [2.45, 2.75) is 60.0 Å². The summed E-state index contributed by atoms with van der Waals surface area (Å²) in [5.74, 6) is 0.161. The predicted octanol–water partition coefficient (Wildman–Crippen LogP) is 10.5. The molecule has 3 atom stereocenters. The average molecular weight is 649 g/mol. The van der Waals surface area contributed by atoms with Crippen molar-refractivity contribution < 1.29 is 9.53 Å². The number of para-hydroxylation sites is 4. The zero-order valence-electron chi connectivity index (χ0n) is 29.0. The fourth-order valence-electron chi connectivity index (χ4n) is 7.91. The van der Waals surface area contributed by atoms with Crippen molar-refractivity contribution in [2.75, 3.05) is 10.6 Å². The van der Waals surface area contributed by atoms with Crippen LogP contribution in [0.3, 0.4) is 0 Å². The van der Waals surface area contributed by atoms with E-state index in [2.05, 4.69) is 49.6 Å². The monoisotopic (exact) mass is 648 g/mol. The Balaban J connectivity index is 1.45. The summed E-state index contributed by atoms with van der Waals surface area (Å²) in [6, 6.07) is 36.0. The molecule has 6 nitrogen and oxygen atoms in total. The van der Waals surface area contributed by atoms with E-state index < -0.39 is 0 Å². The van der Waals surface area contributed by atoms with Crippen molar-refractivity contribution >= 4 is 45.8 Å². The van der Waals surface area contributed by atoms with Crippen molar-refractivity contribution in [1.82, 2.24) is 0 Å². The molecule has 2 aliphatic carbocycles. The van der Waals surface area contributed by atoms with E-state index in [-0.39, 0.29) is 22.9 Å². The predicted molar refractivity (Wildman–Crippen MR) is 202 cm³/mol. The Morgan fingerprint density at radius 2 is 1.31 bits per heavy atom. The molecule has 2 N–H and O–H groups in total. The highest BCUT2D eigenvalue weighted by atomic mass is 16.5. The molecule has 2 saturated carbocycles. The van der Waals surface area contributed by atoms with Gasteiger partial charge in [0.05, 0.1) is 39.9 Å². The SMILES string of the molecule is CC1=Nc2ccccc2N/C(C)=C\C(c2ccccc2)=Nc2ccccc2N/C(c2ccccc2)=C\1C(=O)O[C@@H]1C[C@@H]2CC[C@@]1(C)C2(C)C. The molecular formula is C43H44N4O2. The van der Waals surface area contributed by atoms with E-state index >= 15 is 0 Å². The van der Waals surface area contributed by atoms with Gasteiger partial charge in [0.15, 0.2) is 0 Å². The number of carbonyl (C=O) groups excluding carboxylic acids is 1. The number of fused-ring (bicyclic) bond motifs is 4. The van der Waals surface area contributed by atoms with Crippen molar-refractivity contribution in [2.24, 2.45) is 26.7 Å². The summed E-state index contributed by atoms with van der Waals surface area (Å²) < 4.78 is 6.61. The number of aliphatic imine (C=N–C) groups is 2. The van der Waals surface area contributed by atoms with Gasteiger partial charge in [0, 0.05) is 16.7 Å². The van der Waals surface area contributed by atoms with Crippen LogP contribution in [0.4, 0.5) is 22.7 Å². The van der Waals surface area contributed by atoms with E-state index in [1.807, 2.05) is 111 Å². The third-order valence-electron chi connectivity index (χ3n) is 11.2. The molecule has 0 saturated heterocycles. The maximum atomic E-state index is 14.8. The number of anilines is 2. The summed E-state index contributed by atoms with van der Waals surface area (Å²) in [5.41, 5.74) is 8.16. The Morgan fingerprint density at radius 3 is 1.92 bits per heavy atom. The third-order valence-corrected chi connectivity index (χ3v) is 11.2. The van der Waals surface area contributed by atoms with Gasteiger partial charge in [0.1, 0.15) is 11.7 Å². The number of nitrogens with one attached hydrogen (secondary N) is 2. The van der Waals surface area contributed by atoms with Crippen molar-refractivity contribution in [3.63, 3.8) is 0 Å². The van der Waals surface area contributed by atoms with Gasteiger partial charge < -0.3 is 15.4 Å². The standard InChI is InChI=1S/C43H44N4O2/c1-28-26-37(30-16-8-6-9-17-30)46-35-22-14-15-23-36(35)47-40(31-18-10-7-11-19-31)39(29(2)45-34-21-13-12-20-33(34)44-28)41(48)49-38-27-32-24-25-43(38,5)42(32,3)4/h6-23,26,32,38,44,47H,24-25,27H2,1-5H3/b28-26-,40-39+,45-29?,46-37?/t32-,38+,43+/m0/s1. The van der Waals surface area contributed by atoms with E-state index in [4.69, 9.17) is 14.7 Å². The van der Waals surface area contributed by atoms with Crippen molar-refractivity contribution in [3.05, 3.63) is 138 Å². The first-order valence-electron chi connectivity index (χ1n) is 17.2. The zero-order chi connectivity index (χ0) is 34.2. The van der Waals surface area contributed by atoms with Gasteiger partial charge in [0.2, 0.25) is 0 Å². The lowest BCUT2D eigenvalue weighted by Crippen LogP contribution is -2.39. The fraction of sp³-hybridized carbons (Fsp3) is 0.279. The lowest BCUT2D eigenvalue weighted by molar-refractivity contribution is -0.151. The molecule has 4 aromatic rings. The van der Waals surface area contributed by atoms with E-state index in [9.17, 15) is 4.79 Å². The Bertz CT molecular complexity index is 2010. The molecule has 3 aliphatic rings. The summed E-state index contributed by atoms with van der Waals surface area (Å²) >= 11 is 0. The summed E-state index contributed by atoms with van der Waals surface area (Å²) in [6.45, 7) is 10.9. The van der Waals surface area contributed by atoms with Gasteiger partial charge in [-0.2, -0.15) is 0 Å². The third kappa shape index (κ3) is 6.12. The topological polar surface area (TPSA) is 75.1 Å². The number of nitrogens with zero attached hydrogens (tertiary/aromatic N) is 2. The van der Waals surface area contributed by atoms with Gasteiger partial charge in [-0.3, -0.25) is 4.99 Å². The number of hydrogen-bond acceptors (Lipinski definition) is 6. The van der Waals surface area contributed by atoms with Gasteiger partial charge in [-0.15, -0.1) is 0 Å². The van der Waals surface area contributed by atoms with E-state index in [1.54, 1.807) is 0 Å². The molecule has 6 heteroatoms. The Hall–Kier alpha value is -5.23. The van der Waals surface area contributed by atoms with Gasteiger partial charge in [-0.05, 0) is 80.3 Å². The first-order valence-corrected chi connectivity index (χ1v) is 17.2. The number of rotatable bonds is 4.